The largest absolute Gasteiger partial charge is 0.335 e. The molecule has 2 heterocycles. The first-order valence-corrected chi connectivity index (χ1v) is 13.7. The molecule has 2 unspecified atom stereocenters. The highest BCUT2D eigenvalue weighted by atomic mass is 16.6. The number of hydrogen-bond donors (Lipinski definition) is 0. The Morgan fingerprint density at radius 1 is 1.05 bits per heavy atom. The zero-order valence-corrected chi connectivity index (χ0v) is 22.2. The van der Waals surface area contributed by atoms with E-state index >= 15 is 0 Å². The molecule has 8 nitrogen and oxygen atoms in total. The Labute approximate surface area is 228 Å². The van der Waals surface area contributed by atoms with Gasteiger partial charge in [0.05, 0.1) is 16.9 Å². The minimum Gasteiger partial charge on any atom is -0.335 e. The van der Waals surface area contributed by atoms with Crippen molar-refractivity contribution in [3.05, 3.63) is 106 Å². The summed E-state index contributed by atoms with van der Waals surface area (Å²) in [5.41, 5.74) is 2.99. The summed E-state index contributed by atoms with van der Waals surface area (Å²) in [6.07, 6.45) is 7.16. The second-order valence-corrected chi connectivity index (χ2v) is 10.9. The minimum atomic E-state index is -0.376. The molecule has 0 bridgehead atoms. The van der Waals surface area contributed by atoms with E-state index in [0.29, 0.717) is 19.0 Å². The van der Waals surface area contributed by atoms with Crippen LogP contribution < -0.4 is 0 Å². The molecule has 4 aromatic rings. The lowest BCUT2D eigenvalue weighted by molar-refractivity contribution is -0.384. The first kappa shape index (κ1) is 25.2. The van der Waals surface area contributed by atoms with Gasteiger partial charge in [-0.3, -0.25) is 19.8 Å². The first-order valence-electron chi connectivity index (χ1n) is 13.7. The molecule has 1 spiro atoms. The Bertz CT molecular complexity index is 1510. The van der Waals surface area contributed by atoms with Crippen LogP contribution in [0, 0.1) is 16.0 Å². The van der Waals surface area contributed by atoms with E-state index in [1.54, 1.807) is 24.3 Å². The summed E-state index contributed by atoms with van der Waals surface area (Å²) in [5.74, 6) is 0.702. The number of amides is 1. The van der Waals surface area contributed by atoms with E-state index in [-0.39, 0.29) is 22.1 Å². The maximum Gasteiger partial charge on any atom is 0.269 e. The second kappa shape index (κ2) is 10.3. The third kappa shape index (κ3) is 4.81. The molecule has 1 aliphatic heterocycles. The van der Waals surface area contributed by atoms with Crippen molar-refractivity contribution in [1.29, 1.82) is 0 Å². The molecule has 39 heavy (non-hydrogen) atoms. The number of imidazole rings is 1. The summed E-state index contributed by atoms with van der Waals surface area (Å²) in [4.78, 5) is 33.5. The quantitative estimate of drug-likeness (QED) is 0.225. The Hall–Kier alpha value is -4.04. The fraction of sp³-hybridized carbons (Fsp3) is 0.355. The lowest BCUT2D eigenvalue weighted by Gasteiger charge is -2.43. The van der Waals surface area contributed by atoms with Crippen LogP contribution in [-0.4, -0.2) is 55.4 Å². The van der Waals surface area contributed by atoms with Gasteiger partial charge < -0.3 is 9.47 Å². The van der Waals surface area contributed by atoms with Crippen molar-refractivity contribution in [2.75, 3.05) is 19.6 Å². The molecular formula is C31H33N5O3. The molecule has 2 aliphatic rings. The van der Waals surface area contributed by atoms with Crippen molar-refractivity contribution in [2.45, 2.75) is 44.8 Å². The van der Waals surface area contributed by atoms with E-state index in [0.717, 1.165) is 66.5 Å². The van der Waals surface area contributed by atoms with Crippen LogP contribution in [0.1, 0.15) is 47.8 Å². The predicted molar refractivity (Wildman–Crippen MR) is 150 cm³/mol. The highest BCUT2D eigenvalue weighted by Crippen LogP contribution is 2.53. The normalized spacial score (nSPS) is 20.9. The van der Waals surface area contributed by atoms with E-state index < -0.39 is 0 Å². The number of nitro benzene ring substituents is 1. The van der Waals surface area contributed by atoms with Crippen LogP contribution >= 0.6 is 0 Å². The molecule has 1 aliphatic carbocycles. The lowest BCUT2D eigenvalue weighted by atomic mass is 10.0. The monoisotopic (exact) mass is 523 g/mol. The molecule has 8 heteroatoms. The summed E-state index contributed by atoms with van der Waals surface area (Å²) in [5, 5.41) is 13.1. The summed E-state index contributed by atoms with van der Waals surface area (Å²) < 4.78 is 2.12. The number of non-ortho nitro benzene ring substituents is 1. The van der Waals surface area contributed by atoms with Crippen LogP contribution in [0.5, 0.6) is 0 Å². The van der Waals surface area contributed by atoms with Gasteiger partial charge in [-0.05, 0) is 41.2 Å². The van der Waals surface area contributed by atoms with Crippen LogP contribution in [0.2, 0.25) is 0 Å². The van der Waals surface area contributed by atoms with E-state index in [1.165, 1.54) is 0 Å². The molecule has 2 fully saturated rings. The molecule has 0 radical (unpaired) electrons. The number of benzene rings is 3. The van der Waals surface area contributed by atoms with E-state index in [2.05, 4.69) is 38.4 Å². The highest BCUT2D eigenvalue weighted by molar-refractivity contribution is 6.07. The standard InChI is InChI=1S/C31H33N5O3/c1-2-6-25-17-31(25)21-33(30(37)29-10-5-8-24-7-3-4-9-28(24)29)15-16-35(31)20-27-18-32-22-34(27)19-23-11-13-26(14-12-23)36(38)39/h3-5,7-14,18,22,25H,2,6,15-17,19-21H2,1H3. The number of nitro groups is 1. The van der Waals surface area contributed by atoms with Crippen LogP contribution in [0.15, 0.2) is 79.3 Å². The van der Waals surface area contributed by atoms with E-state index in [9.17, 15) is 14.9 Å². The molecular weight excluding hydrogens is 490 g/mol. The van der Waals surface area contributed by atoms with Crippen molar-refractivity contribution < 1.29 is 9.72 Å². The summed E-state index contributed by atoms with van der Waals surface area (Å²) in [6, 6.07) is 20.8. The topological polar surface area (TPSA) is 84.5 Å². The van der Waals surface area contributed by atoms with Crippen LogP contribution in [0.4, 0.5) is 5.69 Å². The van der Waals surface area contributed by atoms with E-state index in [1.807, 2.05) is 42.9 Å². The number of aromatic nitrogens is 2. The first-order chi connectivity index (χ1) is 19.0. The van der Waals surface area contributed by atoms with E-state index in [4.69, 9.17) is 0 Å². The average Bonchev–Trinajstić information content (AvgIpc) is 3.44. The van der Waals surface area contributed by atoms with Gasteiger partial charge in [0.15, 0.2) is 0 Å². The number of rotatable bonds is 8. The maximum atomic E-state index is 13.8. The summed E-state index contributed by atoms with van der Waals surface area (Å²) >= 11 is 0. The van der Waals surface area contributed by atoms with Gasteiger partial charge in [0.2, 0.25) is 0 Å². The molecule has 200 valence electrons. The molecule has 2 atom stereocenters. The Balaban J connectivity index is 1.21. The Kier molecular flexibility index (Phi) is 6.64. The number of fused-ring (bicyclic) bond motifs is 1. The van der Waals surface area contributed by atoms with Crippen molar-refractivity contribution in [3.8, 4) is 0 Å². The smallest absolute Gasteiger partial charge is 0.269 e. The van der Waals surface area contributed by atoms with Gasteiger partial charge in [0.25, 0.3) is 11.6 Å². The van der Waals surface area contributed by atoms with Crippen LogP contribution in [-0.2, 0) is 13.1 Å². The lowest BCUT2D eigenvalue weighted by Crippen LogP contribution is -2.57. The molecule has 0 N–H and O–H groups in total. The number of piperazine rings is 1. The van der Waals surface area contributed by atoms with Gasteiger partial charge in [-0.15, -0.1) is 0 Å². The second-order valence-electron chi connectivity index (χ2n) is 10.9. The van der Waals surface area contributed by atoms with Gasteiger partial charge in [-0.2, -0.15) is 0 Å². The van der Waals surface area contributed by atoms with Crippen molar-refractivity contribution in [2.24, 2.45) is 5.92 Å². The molecule has 1 saturated carbocycles. The number of nitrogens with zero attached hydrogens (tertiary/aromatic N) is 5. The Morgan fingerprint density at radius 3 is 2.64 bits per heavy atom. The Morgan fingerprint density at radius 2 is 1.85 bits per heavy atom. The van der Waals surface area contributed by atoms with Gasteiger partial charge in [0, 0.05) is 62.2 Å². The average molecular weight is 524 g/mol. The number of hydrogen-bond acceptors (Lipinski definition) is 5. The fourth-order valence-electron chi connectivity index (χ4n) is 6.37. The number of carbonyl (C=O) groups is 1. The number of carbonyl (C=O) groups excluding carboxylic acids is 1. The maximum absolute atomic E-state index is 13.8. The molecule has 3 aromatic carbocycles. The molecule has 6 rings (SSSR count). The van der Waals surface area contributed by atoms with Crippen molar-refractivity contribution in [1.82, 2.24) is 19.4 Å². The van der Waals surface area contributed by atoms with Gasteiger partial charge in [-0.1, -0.05) is 61.9 Å². The van der Waals surface area contributed by atoms with Crippen molar-refractivity contribution >= 4 is 22.4 Å². The predicted octanol–water partition coefficient (Wildman–Crippen LogP) is 5.51. The molecule has 1 saturated heterocycles. The van der Waals surface area contributed by atoms with Gasteiger partial charge in [0.1, 0.15) is 0 Å². The molecule has 1 aromatic heterocycles. The zero-order valence-electron chi connectivity index (χ0n) is 22.2. The third-order valence-corrected chi connectivity index (χ3v) is 8.53. The molecule has 1 amide bonds. The fourth-order valence-corrected chi connectivity index (χ4v) is 6.37. The van der Waals surface area contributed by atoms with Gasteiger partial charge >= 0.3 is 0 Å². The van der Waals surface area contributed by atoms with Crippen molar-refractivity contribution in [3.63, 3.8) is 0 Å². The third-order valence-electron chi connectivity index (χ3n) is 8.53. The zero-order chi connectivity index (χ0) is 27.0. The minimum absolute atomic E-state index is 0.00301. The summed E-state index contributed by atoms with van der Waals surface area (Å²) in [6.45, 7) is 5.87. The van der Waals surface area contributed by atoms with Crippen LogP contribution in [0.25, 0.3) is 10.8 Å². The van der Waals surface area contributed by atoms with Crippen LogP contribution in [0.3, 0.4) is 0 Å². The SMILES string of the molecule is CCCC1CC12CN(C(=O)c1cccc3ccccc13)CCN2Cc1cncn1Cc1ccc([N+](=O)[O-])cc1. The highest BCUT2D eigenvalue weighted by Gasteiger charge is 2.59. The van der Waals surface area contributed by atoms with Gasteiger partial charge in [-0.25, -0.2) is 4.98 Å². The summed E-state index contributed by atoms with van der Waals surface area (Å²) in [7, 11) is 0.